The maximum atomic E-state index is 13.4. The van der Waals surface area contributed by atoms with Crippen LogP contribution in [-0.4, -0.2) is 35.2 Å². The zero-order chi connectivity index (χ0) is 22.3. The first kappa shape index (κ1) is 22.7. The molecule has 1 aliphatic heterocycles. The van der Waals surface area contributed by atoms with Gasteiger partial charge in [-0.3, -0.25) is 9.10 Å². The maximum absolute atomic E-state index is 13.4. The fourth-order valence-electron chi connectivity index (χ4n) is 3.75. The maximum Gasteiger partial charge on any atom is 0.311 e. The van der Waals surface area contributed by atoms with Gasteiger partial charge in [-0.25, -0.2) is 8.42 Å². The first-order chi connectivity index (χ1) is 14.0. The van der Waals surface area contributed by atoms with E-state index in [1.54, 1.807) is 33.1 Å². The predicted molar refractivity (Wildman–Crippen MR) is 117 cm³/mol. The molecule has 0 fully saturated rings. The molecule has 1 unspecified atom stereocenters. The molecule has 0 spiro atoms. The summed E-state index contributed by atoms with van der Waals surface area (Å²) in [6.07, 6.45) is 0.410. The number of methoxy groups -OCH3 is 2. The first-order valence-electron chi connectivity index (χ1n) is 9.25. The van der Waals surface area contributed by atoms with E-state index < -0.39 is 15.4 Å². The quantitative estimate of drug-likeness (QED) is 0.561. The predicted octanol–water partition coefficient (Wildman–Crippen LogP) is 4.88. The Morgan fingerprint density at radius 2 is 1.83 bits per heavy atom. The fraction of sp³-hybridized carbons (Fsp3) is 0.381. The van der Waals surface area contributed by atoms with E-state index >= 15 is 0 Å². The third kappa shape index (κ3) is 4.11. The third-order valence-electron chi connectivity index (χ3n) is 5.30. The lowest BCUT2D eigenvalue weighted by molar-refractivity contribution is -0.151. The Bertz CT molecular complexity index is 1080. The minimum absolute atomic E-state index is 0.0477. The fourth-order valence-corrected chi connectivity index (χ4v) is 5.68. The summed E-state index contributed by atoms with van der Waals surface area (Å²) in [4.78, 5) is 12.3. The van der Waals surface area contributed by atoms with Gasteiger partial charge in [-0.1, -0.05) is 23.2 Å². The number of carbonyl (C=O) groups is 1. The van der Waals surface area contributed by atoms with Crippen molar-refractivity contribution < 1.29 is 22.7 Å². The highest BCUT2D eigenvalue weighted by molar-refractivity contribution is 7.92. The van der Waals surface area contributed by atoms with Crippen molar-refractivity contribution in [1.29, 1.82) is 0 Å². The molecule has 0 aromatic heterocycles. The Kier molecular flexibility index (Phi) is 6.28. The highest BCUT2D eigenvalue weighted by atomic mass is 35.5. The van der Waals surface area contributed by atoms with Crippen LogP contribution in [0.5, 0.6) is 5.75 Å². The number of benzene rings is 2. The number of rotatable bonds is 6. The van der Waals surface area contributed by atoms with Crippen LogP contribution in [-0.2, 0) is 19.6 Å². The van der Waals surface area contributed by atoms with Gasteiger partial charge < -0.3 is 9.47 Å². The smallest absolute Gasteiger partial charge is 0.311 e. The van der Waals surface area contributed by atoms with E-state index in [-0.39, 0.29) is 33.4 Å². The highest BCUT2D eigenvalue weighted by Gasteiger charge is 2.41. The van der Waals surface area contributed by atoms with Crippen molar-refractivity contribution in [3.05, 3.63) is 52.0 Å². The first-order valence-corrected chi connectivity index (χ1v) is 11.4. The van der Waals surface area contributed by atoms with Crippen LogP contribution in [0.3, 0.4) is 0 Å². The molecule has 3 rings (SSSR count). The second-order valence-corrected chi connectivity index (χ2v) is 10.5. The van der Waals surface area contributed by atoms with Gasteiger partial charge in [0.2, 0.25) is 0 Å². The van der Waals surface area contributed by atoms with E-state index in [0.717, 1.165) is 5.56 Å². The molecular weight excluding hydrogens is 449 g/mol. The van der Waals surface area contributed by atoms with Crippen molar-refractivity contribution in [3.63, 3.8) is 0 Å². The van der Waals surface area contributed by atoms with Gasteiger partial charge in [0.1, 0.15) is 5.75 Å². The summed E-state index contributed by atoms with van der Waals surface area (Å²) in [5, 5.41) is 0.440. The van der Waals surface area contributed by atoms with E-state index in [2.05, 4.69) is 0 Å². The molecular formula is C21H23Cl2NO5S. The standard InChI is InChI=1S/C21H23Cl2NO5S/c1-21(2,20(25)29-4)11-13-12-24(19-8-5-14(28-3)9-16(13)19)30(26,27)15-6-7-17(22)18(23)10-15/h5-10,13H,11-12H2,1-4H3. The van der Waals surface area contributed by atoms with Crippen LogP contribution in [0.15, 0.2) is 41.3 Å². The van der Waals surface area contributed by atoms with Gasteiger partial charge in [-0.2, -0.15) is 0 Å². The van der Waals surface area contributed by atoms with E-state index in [0.29, 0.717) is 17.9 Å². The molecule has 1 aliphatic rings. The highest BCUT2D eigenvalue weighted by Crippen LogP contribution is 2.46. The Labute approximate surface area is 186 Å². The molecule has 6 nitrogen and oxygen atoms in total. The van der Waals surface area contributed by atoms with Gasteiger partial charge in [0.25, 0.3) is 10.0 Å². The summed E-state index contributed by atoms with van der Waals surface area (Å²) in [7, 11) is -0.998. The Morgan fingerprint density at radius 1 is 1.13 bits per heavy atom. The zero-order valence-electron chi connectivity index (χ0n) is 17.1. The van der Waals surface area contributed by atoms with E-state index in [1.165, 1.54) is 29.6 Å². The van der Waals surface area contributed by atoms with E-state index in [9.17, 15) is 13.2 Å². The number of hydrogen-bond acceptors (Lipinski definition) is 5. The number of nitrogens with zero attached hydrogens (tertiary/aromatic N) is 1. The summed E-state index contributed by atoms with van der Waals surface area (Å²) in [6.45, 7) is 3.76. The van der Waals surface area contributed by atoms with Crippen LogP contribution < -0.4 is 9.04 Å². The average molecular weight is 472 g/mol. The minimum Gasteiger partial charge on any atom is -0.497 e. The van der Waals surface area contributed by atoms with Crippen molar-refractivity contribution in [1.82, 2.24) is 0 Å². The zero-order valence-corrected chi connectivity index (χ0v) is 19.4. The molecule has 162 valence electrons. The summed E-state index contributed by atoms with van der Waals surface area (Å²) < 4.78 is 38.4. The topological polar surface area (TPSA) is 72.9 Å². The molecule has 30 heavy (non-hydrogen) atoms. The van der Waals surface area contributed by atoms with Crippen LogP contribution in [0.25, 0.3) is 0 Å². The molecule has 0 radical (unpaired) electrons. The van der Waals surface area contributed by atoms with Gasteiger partial charge >= 0.3 is 5.97 Å². The van der Waals surface area contributed by atoms with Gasteiger partial charge in [-0.05, 0) is 62.2 Å². The summed E-state index contributed by atoms with van der Waals surface area (Å²) in [6, 6.07) is 9.47. The molecule has 0 bridgehead atoms. The number of sulfonamides is 1. The molecule has 1 heterocycles. The van der Waals surface area contributed by atoms with E-state index in [4.69, 9.17) is 32.7 Å². The van der Waals surface area contributed by atoms with Crippen molar-refractivity contribution in [2.45, 2.75) is 31.1 Å². The second-order valence-electron chi connectivity index (χ2n) is 7.81. The molecule has 0 aliphatic carbocycles. The largest absolute Gasteiger partial charge is 0.497 e. The SMILES string of the molecule is COC(=O)C(C)(C)CC1CN(S(=O)(=O)c2ccc(Cl)c(Cl)c2)c2ccc(OC)cc21. The molecule has 0 amide bonds. The van der Waals surface area contributed by atoms with Crippen LogP contribution >= 0.6 is 23.2 Å². The summed E-state index contributed by atoms with van der Waals surface area (Å²) in [5.41, 5.74) is 0.561. The Balaban J connectivity index is 2.06. The number of fused-ring (bicyclic) bond motifs is 1. The second kappa shape index (κ2) is 8.29. The van der Waals surface area contributed by atoms with Gasteiger partial charge in [0, 0.05) is 12.5 Å². The average Bonchev–Trinajstić information content (AvgIpc) is 3.06. The van der Waals surface area contributed by atoms with Crippen molar-refractivity contribution in [3.8, 4) is 5.75 Å². The van der Waals surface area contributed by atoms with Gasteiger partial charge in [0.05, 0.1) is 40.3 Å². The number of carbonyl (C=O) groups excluding carboxylic acids is 1. The normalized spacial score (nSPS) is 16.3. The Morgan fingerprint density at radius 3 is 2.43 bits per heavy atom. The van der Waals surface area contributed by atoms with E-state index in [1.807, 2.05) is 6.07 Å². The Hall–Kier alpha value is -1.96. The van der Waals surface area contributed by atoms with Crippen LogP contribution in [0, 0.1) is 5.41 Å². The molecule has 0 saturated heterocycles. The number of halogens is 2. The lowest BCUT2D eigenvalue weighted by Gasteiger charge is -2.26. The molecule has 1 atom stereocenters. The number of anilines is 1. The minimum atomic E-state index is -3.89. The number of hydrogen-bond donors (Lipinski definition) is 0. The third-order valence-corrected chi connectivity index (χ3v) is 7.82. The van der Waals surface area contributed by atoms with Crippen molar-refractivity contribution in [2.24, 2.45) is 5.41 Å². The van der Waals surface area contributed by atoms with Gasteiger partial charge in [-0.15, -0.1) is 0 Å². The molecule has 2 aromatic carbocycles. The number of esters is 1. The molecule has 2 aromatic rings. The van der Waals surface area contributed by atoms with Crippen molar-refractivity contribution in [2.75, 3.05) is 25.1 Å². The van der Waals surface area contributed by atoms with Gasteiger partial charge in [0.15, 0.2) is 0 Å². The molecule has 9 heteroatoms. The molecule has 0 N–H and O–H groups in total. The monoisotopic (exact) mass is 471 g/mol. The van der Waals surface area contributed by atoms with Crippen LogP contribution in [0.4, 0.5) is 5.69 Å². The van der Waals surface area contributed by atoms with Crippen LogP contribution in [0.1, 0.15) is 31.7 Å². The lowest BCUT2D eigenvalue weighted by atomic mass is 9.80. The molecule has 0 saturated carbocycles. The van der Waals surface area contributed by atoms with Crippen molar-refractivity contribution >= 4 is 44.9 Å². The van der Waals surface area contributed by atoms with Crippen LogP contribution in [0.2, 0.25) is 10.0 Å². The summed E-state index contributed by atoms with van der Waals surface area (Å²) in [5.74, 6) is 0.0443. The number of ether oxygens (including phenoxy) is 2. The summed E-state index contributed by atoms with van der Waals surface area (Å²) >= 11 is 12.0. The lowest BCUT2D eigenvalue weighted by Crippen LogP contribution is -2.32.